The number of carbonyl (C=O) groups is 1. The molecule has 0 spiro atoms. The second-order valence-corrected chi connectivity index (χ2v) is 3.06. The van der Waals surface area contributed by atoms with E-state index in [0.717, 1.165) is 5.56 Å². The fourth-order valence-corrected chi connectivity index (χ4v) is 1.13. The van der Waals surface area contributed by atoms with Crippen molar-refractivity contribution in [2.24, 2.45) is 0 Å². The SMILES string of the molecule is Cc1cncc(NC(=O)c2cn[nH]n2)c1. The third-order valence-corrected chi connectivity index (χ3v) is 1.78. The number of carbonyl (C=O) groups excluding carboxylic acids is 1. The third kappa shape index (κ3) is 2.16. The quantitative estimate of drug-likeness (QED) is 0.754. The molecule has 2 heterocycles. The highest BCUT2D eigenvalue weighted by atomic mass is 16.2. The summed E-state index contributed by atoms with van der Waals surface area (Å²) in [5, 5.41) is 12.2. The molecule has 0 atom stereocenters. The van der Waals surface area contributed by atoms with Crippen LogP contribution in [0.2, 0.25) is 0 Å². The van der Waals surface area contributed by atoms with Gasteiger partial charge >= 0.3 is 0 Å². The Labute approximate surface area is 85.7 Å². The van der Waals surface area contributed by atoms with Crippen molar-refractivity contribution in [3.05, 3.63) is 35.9 Å². The molecule has 15 heavy (non-hydrogen) atoms. The number of aromatic amines is 1. The number of amides is 1. The largest absolute Gasteiger partial charge is 0.319 e. The first-order chi connectivity index (χ1) is 7.25. The van der Waals surface area contributed by atoms with Crippen LogP contribution in [0.1, 0.15) is 16.1 Å². The van der Waals surface area contributed by atoms with E-state index in [1.807, 2.05) is 13.0 Å². The summed E-state index contributed by atoms with van der Waals surface area (Å²) in [5.74, 6) is -0.309. The molecular formula is C9H9N5O. The van der Waals surface area contributed by atoms with E-state index in [9.17, 15) is 4.79 Å². The van der Waals surface area contributed by atoms with Gasteiger partial charge in [-0.05, 0) is 18.6 Å². The maximum absolute atomic E-state index is 11.5. The van der Waals surface area contributed by atoms with E-state index in [1.54, 1.807) is 12.4 Å². The molecule has 2 aromatic heterocycles. The van der Waals surface area contributed by atoms with Crippen LogP contribution in [0, 0.1) is 6.92 Å². The van der Waals surface area contributed by atoms with Gasteiger partial charge in [0.2, 0.25) is 0 Å². The molecule has 2 aromatic rings. The standard InChI is InChI=1S/C9H9N5O/c1-6-2-7(4-10-3-6)12-9(15)8-5-11-14-13-8/h2-5H,1H3,(H,12,15)(H,11,13,14). The molecule has 0 aliphatic carbocycles. The molecule has 2 N–H and O–H groups in total. The van der Waals surface area contributed by atoms with Crippen molar-refractivity contribution in [1.29, 1.82) is 0 Å². The topological polar surface area (TPSA) is 83.6 Å². The number of nitrogens with one attached hydrogen (secondary N) is 2. The fraction of sp³-hybridized carbons (Fsp3) is 0.111. The van der Waals surface area contributed by atoms with Crippen molar-refractivity contribution in [3.63, 3.8) is 0 Å². The Bertz CT molecular complexity index is 465. The van der Waals surface area contributed by atoms with Crippen LogP contribution in [0.5, 0.6) is 0 Å². The summed E-state index contributed by atoms with van der Waals surface area (Å²) >= 11 is 0. The van der Waals surface area contributed by atoms with Gasteiger partial charge in [0.25, 0.3) is 5.91 Å². The van der Waals surface area contributed by atoms with Gasteiger partial charge in [0.05, 0.1) is 18.1 Å². The van der Waals surface area contributed by atoms with Crippen LogP contribution in [-0.4, -0.2) is 26.3 Å². The molecule has 0 saturated carbocycles. The molecule has 0 radical (unpaired) electrons. The minimum absolute atomic E-state index is 0.247. The van der Waals surface area contributed by atoms with Crippen LogP contribution in [0.15, 0.2) is 24.7 Å². The number of hydrogen-bond donors (Lipinski definition) is 2. The summed E-state index contributed by atoms with van der Waals surface area (Å²) in [6, 6.07) is 1.82. The van der Waals surface area contributed by atoms with E-state index in [0.29, 0.717) is 5.69 Å². The monoisotopic (exact) mass is 203 g/mol. The Morgan fingerprint density at radius 3 is 2.93 bits per heavy atom. The second kappa shape index (κ2) is 3.87. The Kier molecular flexibility index (Phi) is 2.40. The minimum Gasteiger partial charge on any atom is -0.319 e. The number of nitrogens with zero attached hydrogens (tertiary/aromatic N) is 3. The summed E-state index contributed by atoms with van der Waals surface area (Å²) in [4.78, 5) is 15.5. The average Bonchev–Trinajstić information content (AvgIpc) is 2.70. The van der Waals surface area contributed by atoms with Gasteiger partial charge in [0.1, 0.15) is 0 Å². The highest BCUT2D eigenvalue weighted by molar-refractivity contribution is 6.02. The van der Waals surface area contributed by atoms with Crippen molar-refractivity contribution >= 4 is 11.6 Å². The predicted octanol–water partition coefficient (Wildman–Crippen LogP) is 0.760. The number of anilines is 1. The number of pyridine rings is 1. The molecule has 76 valence electrons. The van der Waals surface area contributed by atoms with Gasteiger partial charge in [0.15, 0.2) is 5.69 Å². The summed E-state index contributed by atoms with van der Waals surface area (Å²) in [7, 11) is 0. The van der Waals surface area contributed by atoms with Crippen LogP contribution in [0.25, 0.3) is 0 Å². The van der Waals surface area contributed by atoms with E-state index in [4.69, 9.17) is 0 Å². The maximum Gasteiger partial charge on any atom is 0.277 e. The third-order valence-electron chi connectivity index (χ3n) is 1.78. The van der Waals surface area contributed by atoms with Crippen LogP contribution in [0.4, 0.5) is 5.69 Å². The maximum atomic E-state index is 11.5. The first-order valence-electron chi connectivity index (χ1n) is 4.34. The molecule has 0 aromatic carbocycles. The zero-order chi connectivity index (χ0) is 10.7. The number of rotatable bonds is 2. The Morgan fingerprint density at radius 1 is 1.40 bits per heavy atom. The van der Waals surface area contributed by atoms with E-state index in [2.05, 4.69) is 25.7 Å². The van der Waals surface area contributed by atoms with Crippen LogP contribution in [-0.2, 0) is 0 Å². The molecule has 0 saturated heterocycles. The Morgan fingerprint density at radius 2 is 2.27 bits per heavy atom. The first-order valence-corrected chi connectivity index (χ1v) is 4.34. The van der Waals surface area contributed by atoms with Crippen LogP contribution >= 0.6 is 0 Å². The lowest BCUT2D eigenvalue weighted by molar-refractivity contribution is 0.102. The Balaban J connectivity index is 2.13. The summed E-state index contributed by atoms with van der Waals surface area (Å²) in [5.41, 5.74) is 1.87. The van der Waals surface area contributed by atoms with E-state index < -0.39 is 0 Å². The molecule has 0 fully saturated rings. The number of aryl methyl sites for hydroxylation is 1. The zero-order valence-electron chi connectivity index (χ0n) is 8.06. The second-order valence-electron chi connectivity index (χ2n) is 3.06. The van der Waals surface area contributed by atoms with Crippen molar-refractivity contribution in [2.75, 3.05) is 5.32 Å². The van der Waals surface area contributed by atoms with Gasteiger partial charge in [-0.15, -0.1) is 0 Å². The molecule has 2 rings (SSSR count). The zero-order valence-corrected chi connectivity index (χ0v) is 8.06. The number of hydrogen-bond acceptors (Lipinski definition) is 4. The van der Waals surface area contributed by atoms with E-state index in [1.165, 1.54) is 6.20 Å². The van der Waals surface area contributed by atoms with Gasteiger partial charge < -0.3 is 5.32 Å². The fourth-order valence-electron chi connectivity index (χ4n) is 1.13. The van der Waals surface area contributed by atoms with Crippen LogP contribution in [0.3, 0.4) is 0 Å². The van der Waals surface area contributed by atoms with Gasteiger partial charge in [-0.1, -0.05) is 0 Å². The van der Waals surface area contributed by atoms with Crippen molar-refractivity contribution in [3.8, 4) is 0 Å². The van der Waals surface area contributed by atoms with Crippen molar-refractivity contribution in [2.45, 2.75) is 6.92 Å². The normalized spacial score (nSPS) is 9.93. The average molecular weight is 203 g/mol. The lowest BCUT2D eigenvalue weighted by Crippen LogP contribution is -2.12. The Hall–Kier alpha value is -2.24. The summed E-state index contributed by atoms with van der Waals surface area (Å²) in [6.07, 6.45) is 4.65. The van der Waals surface area contributed by atoms with Crippen LogP contribution < -0.4 is 5.32 Å². The molecule has 1 amide bonds. The number of H-pyrrole nitrogens is 1. The number of aromatic nitrogens is 4. The molecule has 0 aliphatic heterocycles. The molecule has 0 unspecified atom stereocenters. The molecular weight excluding hydrogens is 194 g/mol. The predicted molar refractivity (Wildman–Crippen MR) is 53.3 cm³/mol. The lowest BCUT2D eigenvalue weighted by atomic mass is 10.3. The minimum atomic E-state index is -0.309. The highest BCUT2D eigenvalue weighted by Crippen LogP contribution is 2.08. The smallest absolute Gasteiger partial charge is 0.277 e. The van der Waals surface area contributed by atoms with Gasteiger partial charge in [-0.25, -0.2) is 0 Å². The lowest BCUT2D eigenvalue weighted by Gasteiger charge is -2.02. The first kappa shape index (κ1) is 9.32. The van der Waals surface area contributed by atoms with Crippen molar-refractivity contribution < 1.29 is 4.79 Å². The van der Waals surface area contributed by atoms with Gasteiger partial charge in [-0.3, -0.25) is 9.78 Å². The summed E-state index contributed by atoms with van der Waals surface area (Å²) in [6.45, 7) is 1.90. The molecule has 6 nitrogen and oxygen atoms in total. The molecule has 0 bridgehead atoms. The van der Waals surface area contributed by atoms with E-state index in [-0.39, 0.29) is 11.6 Å². The highest BCUT2D eigenvalue weighted by Gasteiger charge is 2.08. The van der Waals surface area contributed by atoms with Gasteiger partial charge in [0, 0.05) is 6.20 Å². The van der Waals surface area contributed by atoms with E-state index >= 15 is 0 Å². The van der Waals surface area contributed by atoms with Gasteiger partial charge in [-0.2, -0.15) is 15.4 Å². The summed E-state index contributed by atoms with van der Waals surface area (Å²) < 4.78 is 0. The molecule has 0 aliphatic rings. The van der Waals surface area contributed by atoms with Crippen molar-refractivity contribution in [1.82, 2.24) is 20.4 Å². The molecule has 6 heteroatoms.